The van der Waals surface area contributed by atoms with E-state index in [-0.39, 0.29) is 0 Å². The molecule has 0 bridgehead atoms. The van der Waals surface area contributed by atoms with Gasteiger partial charge in [-0.25, -0.2) is 5.10 Å². The van der Waals surface area contributed by atoms with Gasteiger partial charge in [-0.05, 0) is 54.2 Å². The number of hydrogen-bond acceptors (Lipinski definition) is 5. The highest BCUT2D eigenvalue weighted by Gasteiger charge is 2.12. The molecule has 122 valence electrons. The van der Waals surface area contributed by atoms with Crippen molar-refractivity contribution in [2.24, 2.45) is 5.10 Å². The Labute approximate surface area is 144 Å². The van der Waals surface area contributed by atoms with Crippen molar-refractivity contribution in [1.29, 1.82) is 0 Å². The van der Waals surface area contributed by atoms with E-state index in [0.29, 0.717) is 16.3 Å². The highest BCUT2D eigenvalue weighted by Crippen LogP contribution is 2.28. The average Bonchev–Trinajstić information content (AvgIpc) is 3.00. The second-order valence-corrected chi connectivity index (χ2v) is 5.27. The Hall–Kier alpha value is -2.93. The van der Waals surface area contributed by atoms with Crippen LogP contribution in [0.5, 0.6) is 11.5 Å². The molecule has 2 aromatic carbocycles. The van der Waals surface area contributed by atoms with Crippen molar-refractivity contribution in [3.63, 3.8) is 0 Å². The summed E-state index contributed by atoms with van der Waals surface area (Å²) in [6, 6.07) is 15.1. The fourth-order valence-corrected chi connectivity index (χ4v) is 2.40. The summed E-state index contributed by atoms with van der Waals surface area (Å²) in [5.74, 6) is 2.08. The maximum absolute atomic E-state index is 5.39. The van der Waals surface area contributed by atoms with E-state index >= 15 is 0 Å². The minimum atomic E-state index is 0.403. The third-order valence-corrected chi connectivity index (χ3v) is 3.70. The van der Waals surface area contributed by atoms with Crippen molar-refractivity contribution in [3.05, 3.63) is 58.9 Å². The van der Waals surface area contributed by atoms with Crippen LogP contribution in [0.3, 0.4) is 0 Å². The number of H-pyrrole nitrogens is 1. The van der Waals surface area contributed by atoms with Crippen LogP contribution >= 0.6 is 12.2 Å². The standard InChI is InChI=1S/C17H16N4O2S/c1-22-13-9-7-12(8-10-13)11-18-21-16(19-20-17(21)24)14-5-3-4-6-15(14)23-2/h3-11H,1-2H3,(H,20,24)/b18-11+. The largest absolute Gasteiger partial charge is 0.497 e. The fourth-order valence-electron chi connectivity index (χ4n) is 2.22. The second-order valence-electron chi connectivity index (χ2n) is 4.88. The first-order chi connectivity index (χ1) is 11.7. The van der Waals surface area contributed by atoms with Crippen molar-refractivity contribution in [3.8, 4) is 22.9 Å². The lowest BCUT2D eigenvalue weighted by Gasteiger charge is -2.06. The Balaban J connectivity index is 1.98. The Morgan fingerprint density at radius 3 is 2.54 bits per heavy atom. The lowest BCUT2D eigenvalue weighted by atomic mass is 10.2. The SMILES string of the molecule is COc1ccc(/C=N/n2c(-c3ccccc3OC)n[nH]c2=S)cc1. The van der Waals surface area contributed by atoms with Gasteiger partial charge in [-0.2, -0.15) is 14.9 Å². The lowest BCUT2D eigenvalue weighted by Crippen LogP contribution is -1.97. The molecule has 0 unspecified atom stereocenters. The second kappa shape index (κ2) is 7.10. The number of aromatic nitrogens is 3. The van der Waals surface area contributed by atoms with E-state index in [9.17, 15) is 0 Å². The van der Waals surface area contributed by atoms with Crippen molar-refractivity contribution < 1.29 is 9.47 Å². The maximum Gasteiger partial charge on any atom is 0.216 e. The van der Waals surface area contributed by atoms with Gasteiger partial charge >= 0.3 is 0 Å². The number of ether oxygens (including phenoxy) is 2. The van der Waals surface area contributed by atoms with Crippen LogP contribution < -0.4 is 9.47 Å². The van der Waals surface area contributed by atoms with E-state index in [1.165, 1.54) is 0 Å². The molecule has 0 amide bonds. The fraction of sp³-hybridized carbons (Fsp3) is 0.118. The van der Waals surface area contributed by atoms with Gasteiger partial charge in [-0.15, -0.1) is 0 Å². The van der Waals surface area contributed by atoms with E-state index in [0.717, 1.165) is 16.9 Å². The van der Waals surface area contributed by atoms with E-state index in [2.05, 4.69) is 15.3 Å². The van der Waals surface area contributed by atoms with Gasteiger partial charge in [0.25, 0.3) is 0 Å². The van der Waals surface area contributed by atoms with Crippen LogP contribution in [0.15, 0.2) is 53.6 Å². The molecule has 1 heterocycles. The molecule has 0 saturated carbocycles. The molecule has 0 aliphatic rings. The normalized spacial score (nSPS) is 10.9. The highest BCUT2D eigenvalue weighted by atomic mass is 32.1. The molecule has 0 spiro atoms. The van der Waals surface area contributed by atoms with E-state index in [1.54, 1.807) is 25.1 Å². The van der Waals surface area contributed by atoms with Crippen LogP contribution in [-0.4, -0.2) is 35.3 Å². The number of benzene rings is 2. The molecular weight excluding hydrogens is 324 g/mol. The quantitative estimate of drug-likeness (QED) is 0.570. The topological polar surface area (TPSA) is 64.4 Å². The lowest BCUT2D eigenvalue weighted by molar-refractivity contribution is 0.415. The van der Waals surface area contributed by atoms with Crippen molar-refractivity contribution in [1.82, 2.24) is 14.9 Å². The first-order valence-electron chi connectivity index (χ1n) is 7.22. The number of nitrogens with zero attached hydrogens (tertiary/aromatic N) is 3. The van der Waals surface area contributed by atoms with E-state index in [1.807, 2.05) is 48.5 Å². The van der Waals surface area contributed by atoms with Gasteiger partial charge in [0.1, 0.15) is 11.5 Å². The minimum Gasteiger partial charge on any atom is -0.497 e. The molecule has 0 saturated heterocycles. The van der Waals surface area contributed by atoms with Gasteiger partial charge < -0.3 is 9.47 Å². The summed E-state index contributed by atoms with van der Waals surface area (Å²) < 4.78 is 12.5. The third kappa shape index (κ3) is 3.21. The van der Waals surface area contributed by atoms with Crippen molar-refractivity contribution in [2.75, 3.05) is 14.2 Å². The first kappa shape index (κ1) is 15.9. The maximum atomic E-state index is 5.39. The van der Waals surface area contributed by atoms with Gasteiger partial charge in [0.15, 0.2) is 5.82 Å². The number of hydrogen-bond donors (Lipinski definition) is 1. The van der Waals surface area contributed by atoms with Gasteiger partial charge in [0.05, 0.1) is 26.0 Å². The molecule has 24 heavy (non-hydrogen) atoms. The van der Waals surface area contributed by atoms with Crippen LogP contribution in [0.1, 0.15) is 5.56 Å². The molecule has 0 atom stereocenters. The Kier molecular flexibility index (Phi) is 4.72. The van der Waals surface area contributed by atoms with Gasteiger partial charge in [0, 0.05) is 0 Å². The zero-order chi connectivity index (χ0) is 16.9. The Morgan fingerprint density at radius 2 is 1.83 bits per heavy atom. The number of methoxy groups -OCH3 is 2. The molecule has 0 radical (unpaired) electrons. The summed E-state index contributed by atoms with van der Waals surface area (Å²) in [6.07, 6.45) is 1.71. The Bertz CT molecular complexity index is 913. The summed E-state index contributed by atoms with van der Waals surface area (Å²) >= 11 is 5.28. The monoisotopic (exact) mass is 340 g/mol. The summed E-state index contributed by atoms with van der Waals surface area (Å²) in [4.78, 5) is 0. The van der Waals surface area contributed by atoms with Crippen LogP contribution in [0, 0.1) is 4.77 Å². The number of rotatable bonds is 5. The number of para-hydroxylation sites is 1. The molecule has 3 rings (SSSR count). The predicted molar refractivity (Wildman–Crippen MR) is 95.4 cm³/mol. The third-order valence-electron chi connectivity index (χ3n) is 3.44. The number of aromatic amines is 1. The molecule has 0 fully saturated rings. The first-order valence-corrected chi connectivity index (χ1v) is 7.63. The highest BCUT2D eigenvalue weighted by molar-refractivity contribution is 7.71. The molecule has 0 aliphatic carbocycles. The van der Waals surface area contributed by atoms with E-state index < -0.39 is 0 Å². The van der Waals surface area contributed by atoms with Gasteiger partial charge in [-0.3, -0.25) is 0 Å². The summed E-state index contributed by atoms with van der Waals surface area (Å²) in [6.45, 7) is 0. The van der Waals surface area contributed by atoms with Gasteiger partial charge in [0.2, 0.25) is 4.77 Å². The predicted octanol–water partition coefficient (Wildman–Crippen LogP) is 3.51. The molecule has 6 nitrogen and oxygen atoms in total. The zero-order valence-corrected chi connectivity index (χ0v) is 14.1. The van der Waals surface area contributed by atoms with Crippen LogP contribution in [0.4, 0.5) is 0 Å². The molecule has 3 aromatic rings. The van der Waals surface area contributed by atoms with Crippen LogP contribution in [0.25, 0.3) is 11.4 Å². The zero-order valence-electron chi connectivity index (χ0n) is 13.3. The van der Waals surface area contributed by atoms with Crippen LogP contribution in [-0.2, 0) is 0 Å². The summed E-state index contributed by atoms with van der Waals surface area (Å²) in [7, 11) is 3.25. The summed E-state index contributed by atoms with van der Waals surface area (Å²) in [5, 5.41) is 11.5. The number of nitrogens with one attached hydrogen (secondary N) is 1. The molecule has 7 heteroatoms. The van der Waals surface area contributed by atoms with Crippen LogP contribution in [0.2, 0.25) is 0 Å². The summed E-state index contributed by atoms with van der Waals surface area (Å²) in [5.41, 5.74) is 1.73. The van der Waals surface area contributed by atoms with Gasteiger partial charge in [-0.1, -0.05) is 12.1 Å². The van der Waals surface area contributed by atoms with Crippen molar-refractivity contribution >= 4 is 18.4 Å². The average molecular weight is 340 g/mol. The molecule has 0 aliphatic heterocycles. The smallest absolute Gasteiger partial charge is 0.216 e. The molecule has 1 aromatic heterocycles. The Morgan fingerprint density at radius 1 is 1.08 bits per heavy atom. The van der Waals surface area contributed by atoms with Crippen molar-refractivity contribution in [2.45, 2.75) is 0 Å². The minimum absolute atomic E-state index is 0.403. The van der Waals surface area contributed by atoms with E-state index in [4.69, 9.17) is 21.7 Å². The molecule has 1 N–H and O–H groups in total. The molecular formula is C17H16N4O2S.